The fraction of sp³-hybridized carbons (Fsp3) is 0.368. The van der Waals surface area contributed by atoms with Gasteiger partial charge in [0.25, 0.3) is 5.56 Å². The largest absolute Gasteiger partial charge is 0.493 e. The summed E-state index contributed by atoms with van der Waals surface area (Å²) in [4.78, 5) is 17.9. The Hall–Kier alpha value is -1.92. The van der Waals surface area contributed by atoms with Crippen LogP contribution in [0.5, 0.6) is 5.75 Å². The van der Waals surface area contributed by atoms with Crippen LogP contribution in [0.3, 0.4) is 0 Å². The molecular weight excluding hydrogens is 352 g/mol. The molecule has 25 heavy (non-hydrogen) atoms. The Morgan fingerprint density at radius 1 is 1.28 bits per heavy atom. The highest BCUT2D eigenvalue weighted by Gasteiger charge is 2.09. The number of aromatic nitrogens is 2. The Morgan fingerprint density at radius 3 is 2.84 bits per heavy atom. The van der Waals surface area contributed by atoms with E-state index in [2.05, 4.69) is 11.9 Å². The average Bonchev–Trinajstić information content (AvgIpc) is 3.02. The van der Waals surface area contributed by atoms with Crippen molar-refractivity contribution in [1.29, 1.82) is 0 Å². The van der Waals surface area contributed by atoms with Gasteiger partial charge < -0.3 is 9.72 Å². The number of benzene rings is 1. The summed E-state index contributed by atoms with van der Waals surface area (Å²) in [5, 5.41) is 0.742. The van der Waals surface area contributed by atoms with Gasteiger partial charge in [-0.2, -0.15) is 0 Å². The molecule has 6 heteroatoms. The molecule has 4 nitrogen and oxygen atoms in total. The van der Waals surface area contributed by atoms with Gasteiger partial charge in [-0.25, -0.2) is 0 Å². The van der Waals surface area contributed by atoms with Gasteiger partial charge >= 0.3 is 0 Å². The first-order valence-electron chi connectivity index (χ1n) is 8.54. The quantitative estimate of drug-likeness (QED) is 0.475. The summed E-state index contributed by atoms with van der Waals surface area (Å²) in [6.07, 6.45) is 2.65. The van der Waals surface area contributed by atoms with E-state index in [9.17, 15) is 4.79 Å². The number of rotatable bonds is 7. The van der Waals surface area contributed by atoms with Crippen molar-refractivity contribution in [2.45, 2.75) is 39.7 Å². The lowest BCUT2D eigenvalue weighted by Crippen LogP contribution is -2.21. The van der Waals surface area contributed by atoms with Crippen LogP contribution < -0.4 is 10.3 Å². The van der Waals surface area contributed by atoms with Crippen LogP contribution in [0.2, 0.25) is 0 Å². The number of aryl methyl sites for hydroxylation is 2. The zero-order valence-electron chi connectivity index (χ0n) is 14.5. The predicted molar refractivity (Wildman–Crippen MR) is 107 cm³/mol. The van der Waals surface area contributed by atoms with Crippen LogP contribution in [0.15, 0.2) is 35.1 Å². The molecule has 0 atom stereocenters. The number of thiophene rings is 1. The number of para-hydroxylation sites is 1. The highest BCUT2D eigenvalue weighted by atomic mass is 32.1. The second-order valence-electron chi connectivity index (χ2n) is 6.02. The van der Waals surface area contributed by atoms with Gasteiger partial charge in [0, 0.05) is 11.4 Å². The first-order valence-corrected chi connectivity index (χ1v) is 9.76. The van der Waals surface area contributed by atoms with E-state index in [0.717, 1.165) is 40.8 Å². The number of fused-ring (bicyclic) bond motifs is 1. The van der Waals surface area contributed by atoms with Crippen LogP contribution in [0.4, 0.5) is 0 Å². The van der Waals surface area contributed by atoms with Crippen LogP contribution in [0, 0.1) is 11.7 Å². The van der Waals surface area contributed by atoms with Gasteiger partial charge in [-0.3, -0.25) is 9.36 Å². The van der Waals surface area contributed by atoms with E-state index in [1.165, 1.54) is 4.88 Å². The SMILES string of the molecule is CCc1cc2c(=O)n(CCCCOc3ccccc3C)c(=S)[nH]c2s1. The van der Waals surface area contributed by atoms with Gasteiger partial charge in [0.15, 0.2) is 4.77 Å². The molecule has 0 fully saturated rings. The number of hydrogen-bond donors (Lipinski definition) is 1. The van der Waals surface area contributed by atoms with Gasteiger partial charge in [0.05, 0.1) is 12.0 Å². The molecule has 2 aromatic heterocycles. The van der Waals surface area contributed by atoms with E-state index >= 15 is 0 Å². The Balaban J connectivity index is 1.62. The van der Waals surface area contributed by atoms with E-state index in [0.29, 0.717) is 17.9 Å². The highest BCUT2D eigenvalue weighted by molar-refractivity contribution is 7.71. The molecule has 1 aromatic carbocycles. The monoisotopic (exact) mass is 374 g/mol. The Morgan fingerprint density at radius 2 is 2.08 bits per heavy atom. The zero-order valence-corrected chi connectivity index (χ0v) is 16.1. The molecule has 0 aliphatic heterocycles. The molecule has 2 heterocycles. The van der Waals surface area contributed by atoms with E-state index in [1.807, 2.05) is 37.3 Å². The number of H-pyrrole nitrogens is 1. The molecular formula is C19H22N2O2S2. The maximum atomic E-state index is 12.7. The highest BCUT2D eigenvalue weighted by Crippen LogP contribution is 2.21. The number of ether oxygens (including phenoxy) is 1. The van der Waals surface area contributed by atoms with Gasteiger partial charge in [-0.1, -0.05) is 25.1 Å². The minimum absolute atomic E-state index is 0.00882. The molecule has 3 aromatic rings. The van der Waals surface area contributed by atoms with Crippen molar-refractivity contribution in [3.8, 4) is 5.75 Å². The summed E-state index contributed by atoms with van der Waals surface area (Å²) in [7, 11) is 0. The molecule has 0 unspecified atom stereocenters. The number of aromatic amines is 1. The second-order valence-corrected chi connectivity index (χ2v) is 7.54. The molecule has 3 rings (SSSR count). The topological polar surface area (TPSA) is 47.0 Å². The van der Waals surface area contributed by atoms with Crippen LogP contribution in [-0.2, 0) is 13.0 Å². The Kier molecular flexibility index (Phi) is 5.71. The summed E-state index contributed by atoms with van der Waals surface area (Å²) in [6, 6.07) is 9.97. The summed E-state index contributed by atoms with van der Waals surface area (Å²) >= 11 is 6.98. The Bertz CT molecular complexity index is 985. The smallest absolute Gasteiger partial charge is 0.263 e. The summed E-state index contributed by atoms with van der Waals surface area (Å²) < 4.78 is 7.97. The van der Waals surface area contributed by atoms with Crippen molar-refractivity contribution in [2.75, 3.05) is 6.61 Å². The Labute approximate surface area is 156 Å². The third-order valence-electron chi connectivity index (χ3n) is 4.20. The molecule has 0 bridgehead atoms. The second kappa shape index (κ2) is 7.97. The zero-order chi connectivity index (χ0) is 17.8. The third-order valence-corrected chi connectivity index (χ3v) is 5.72. The van der Waals surface area contributed by atoms with Crippen molar-refractivity contribution in [3.05, 3.63) is 55.9 Å². The lowest BCUT2D eigenvalue weighted by molar-refractivity contribution is 0.301. The number of unbranched alkanes of at least 4 members (excludes halogenated alkanes) is 1. The van der Waals surface area contributed by atoms with Crippen molar-refractivity contribution < 1.29 is 4.74 Å². The van der Waals surface area contributed by atoms with Crippen LogP contribution in [-0.4, -0.2) is 16.2 Å². The number of nitrogens with zero attached hydrogens (tertiary/aromatic N) is 1. The normalized spacial score (nSPS) is 11.1. The van der Waals surface area contributed by atoms with Crippen molar-refractivity contribution >= 4 is 33.8 Å². The number of hydrogen-bond acceptors (Lipinski definition) is 4. The van der Waals surface area contributed by atoms with Crippen LogP contribution in [0.25, 0.3) is 10.2 Å². The third kappa shape index (κ3) is 4.02. The molecule has 1 N–H and O–H groups in total. The summed E-state index contributed by atoms with van der Waals surface area (Å²) in [5.74, 6) is 0.920. The molecule has 0 spiro atoms. The minimum atomic E-state index is 0.00882. The van der Waals surface area contributed by atoms with Crippen molar-refractivity contribution in [1.82, 2.24) is 9.55 Å². The summed E-state index contributed by atoms with van der Waals surface area (Å²) in [6.45, 7) is 5.37. The maximum Gasteiger partial charge on any atom is 0.263 e. The number of nitrogens with one attached hydrogen (secondary N) is 1. The fourth-order valence-electron chi connectivity index (χ4n) is 2.75. The first-order chi connectivity index (χ1) is 12.1. The lowest BCUT2D eigenvalue weighted by Gasteiger charge is -2.09. The molecule has 0 aliphatic rings. The molecule has 0 amide bonds. The first kappa shape index (κ1) is 17.9. The van der Waals surface area contributed by atoms with Crippen molar-refractivity contribution in [3.63, 3.8) is 0 Å². The van der Waals surface area contributed by atoms with Gasteiger partial charge in [-0.05, 0) is 56.1 Å². The molecule has 0 saturated heterocycles. The van der Waals surface area contributed by atoms with Crippen molar-refractivity contribution in [2.24, 2.45) is 0 Å². The van der Waals surface area contributed by atoms with Crippen LogP contribution in [0.1, 0.15) is 30.2 Å². The molecule has 0 radical (unpaired) electrons. The average molecular weight is 375 g/mol. The standard InChI is InChI=1S/C19H22N2O2S2/c1-3-14-12-15-17(25-14)20-19(24)21(18(15)22)10-6-7-11-23-16-9-5-4-8-13(16)2/h4-5,8-9,12H,3,6-7,10-11H2,1-2H3,(H,20,24). The maximum absolute atomic E-state index is 12.7. The molecule has 0 saturated carbocycles. The van der Waals surface area contributed by atoms with E-state index < -0.39 is 0 Å². The fourth-order valence-corrected chi connectivity index (χ4v) is 4.07. The summed E-state index contributed by atoms with van der Waals surface area (Å²) in [5.41, 5.74) is 1.14. The van der Waals surface area contributed by atoms with Gasteiger partial charge in [0.2, 0.25) is 0 Å². The van der Waals surface area contributed by atoms with E-state index in [4.69, 9.17) is 17.0 Å². The molecule has 132 valence electrons. The predicted octanol–water partition coefficient (Wildman–Crippen LogP) is 4.85. The van der Waals surface area contributed by atoms with E-state index in [-0.39, 0.29) is 5.56 Å². The molecule has 0 aliphatic carbocycles. The van der Waals surface area contributed by atoms with E-state index in [1.54, 1.807) is 15.9 Å². The van der Waals surface area contributed by atoms with Gasteiger partial charge in [-0.15, -0.1) is 11.3 Å². The lowest BCUT2D eigenvalue weighted by atomic mass is 10.2. The van der Waals surface area contributed by atoms with Gasteiger partial charge in [0.1, 0.15) is 10.6 Å². The minimum Gasteiger partial charge on any atom is -0.493 e. The van der Waals surface area contributed by atoms with Crippen LogP contribution >= 0.6 is 23.6 Å².